The van der Waals surface area contributed by atoms with E-state index in [1.165, 1.54) is 38.1 Å². The van der Waals surface area contributed by atoms with Gasteiger partial charge in [-0.15, -0.1) is 12.4 Å². The van der Waals surface area contributed by atoms with Gasteiger partial charge in [-0.05, 0) is 27.7 Å². The van der Waals surface area contributed by atoms with Crippen LogP contribution in [0.2, 0.25) is 0 Å². The van der Waals surface area contributed by atoms with Crippen molar-refractivity contribution in [2.24, 2.45) is 11.5 Å². The van der Waals surface area contributed by atoms with Gasteiger partial charge >= 0.3 is 0 Å². The number of hydrogen-bond donors (Lipinski definition) is 10. The van der Waals surface area contributed by atoms with Crippen molar-refractivity contribution in [2.45, 2.75) is 139 Å². The van der Waals surface area contributed by atoms with Gasteiger partial charge < -0.3 is 71.3 Å². The molecule has 4 aromatic rings. The average molecular weight is 1030 g/mol. The Labute approximate surface area is 422 Å². The molecule has 2 aliphatic heterocycles. The molecule has 12 atom stereocenters. The van der Waals surface area contributed by atoms with Crippen molar-refractivity contribution in [3.8, 4) is 23.0 Å². The molecule has 0 saturated carbocycles. The summed E-state index contributed by atoms with van der Waals surface area (Å²) in [6.45, 7) is 5.60. The molecule has 2 heterocycles. The molecule has 4 aromatic carbocycles. The number of nitrogens with two attached hydrogens (primary N) is 2. The van der Waals surface area contributed by atoms with E-state index in [9.17, 15) is 69.6 Å². The third-order valence-electron chi connectivity index (χ3n) is 15.0. The first kappa shape index (κ1) is 53.3. The quantitative estimate of drug-likeness (QED) is 0.107. The molecule has 10 rings (SSSR count). The van der Waals surface area contributed by atoms with Gasteiger partial charge in [0.05, 0.1) is 58.9 Å². The lowest BCUT2D eigenvalue weighted by atomic mass is 9.72. The van der Waals surface area contributed by atoms with Gasteiger partial charge in [0.2, 0.25) is 0 Å². The molecule has 0 aromatic heterocycles. The summed E-state index contributed by atoms with van der Waals surface area (Å²) >= 11 is 0. The number of aliphatic hydroxyl groups excluding tert-OH is 2. The molecular formula is C52H55ClN2O18. The fourth-order valence-corrected chi connectivity index (χ4v) is 10.8. The van der Waals surface area contributed by atoms with Crippen LogP contribution in [0.4, 0.5) is 0 Å². The maximum Gasteiger partial charge on any atom is 0.198 e. The SMILES string of the molecule is CC(=O)[C@]1(O)Cc2c(O)c3c(c(O)c2[C@@H](O[C@H]2C[C@H](N)[C@H](O)[C@H](C)O2)C1)C(=O)c1ccccc1C3=O.CC(=O)[C@]1(O)Cc2c(O)c3c(c(O)c2[C@@H](O[C@H]2C[C@H](N)[C@H](O)[C@H](C)O2)C1)C(=O)c1ccccc1C3=O.Cl. The highest BCUT2D eigenvalue weighted by atomic mass is 35.5. The monoisotopic (exact) mass is 1030 g/mol. The third-order valence-corrected chi connectivity index (χ3v) is 15.0. The molecule has 73 heavy (non-hydrogen) atoms. The molecule has 6 aliphatic rings. The normalized spacial score (nSPS) is 31.0. The number of ketones is 6. The number of rotatable bonds is 6. The van der Waals surface area contributed by atoms with Crippen LogP contribution in [0.25, 0.3) is 0 Å². The summed E-state index contributed by atoms with van der Waals surface area (Å²) in [4.78, 5) is 78.0. The number of aliphatic hydroxyl groups is 4. The van der Waals surface area contributed by atoms with Crippen molar-refractivity contribution < 1.29 is 88.6 Å². The minimum atomic E-state index is -1.97. The van der Waals surface area contributed by atoms with E-state index < -0.39 is 143 Å². The van der Waals surface area contributed by atoms with E-state index in [1.54, 1.807) is 38.1 Å². The molecule has 2 fully saturated rings. The number of fused-ring (bicyclic) bond motifs is 6. The van der Waals surface area contributed by atoms with Gasteiger partial charge in [0.15, 0.2) is 47.3 Å². The fourth-order valence-electron chi connectivity index (χ4n) is 10.8. The topological polar surface area (TPSA) is 353 Å². The minimum absolute atomic E-state index is 0. The molecule has 12 N–H and O–H groups in total. The molecule has 0 amide bonds. The summed E-state index contributed by atoms with van der Waals surface area (Å²) < 4.78 is 23.5. The van der Waals surface area contributed by atoms with Crippen LogP contribution in [0.1, 0.15) is 152 Å². The second-order valence-electron chi connectivity index (χ2n) is 19.6. The maximum atomic E-state index is 13.3. The predicted octanol–water partition coefficient (Wildman–Crippen LogP) is 2.46. The first-order chi connectivity index (χ1) is 33.9. The van der Waals surface area contributed by atoms with Crippen LogP contribution in [0.5, 0.6) is 23.0 Å². The second kappa shape index (κ2) is 19.4. The van der Waals surface area contributed by atoms with E-state index in [4.69, 9.17) is 30.4 Å². The van der Waals surface area contributed by atoms with Crippen LogP contribution in [0.3, 0.4) is 0 Å². The Morgan fingerprint density at radius 1 is 0.562 bits per heavy atom. The number of benzene rings is 4. The lowest BCUT2D eigenvalue weighted by Crippen LogP contribution is -2.52. The van der Waals surface area contributed by atoms with E-state index in [2.05, 4.69) is 0 Å². The van der Waals surface area contributed by atoms with E-state index in [-0.39, 0.29) is 105 Å². The Bertz CT molecular complexity index is 2790. The van der Waals surface area contributed by atoms with Crippen LogP contribution < -0.4 is 11.5 Å². The van der Waals surface area contributed by atoms with Gasteiger partial charge in [0.1, 0.15) is 34.2 Å². The summed E-state index contributed by atoms with van der Waals surface area (Å²) in [6.07, 6.45) is -8.75. The number of ether oxygens (including phenoxy) is 4. The van der Waals surface area contributed by atoms with Crippen molar-refractivity contribution in [3.05, 3.63) is 115 Å². The summed E-state index contributed by atoms with van der Waals surface area (Å²) in [6, 6.07) is 10.8. The largest absolute Gasteiger partial charge is 0.507 e. The molecule has 20 nitrogen and oxygen atoms in total. The average Bonchev–Trinajstić information content (AvgIpc) is 3.33. The molecule has 0 bridgehead atoms. The molecule has 21 heteroatoms. The van der Waals surface area contributed by atoms with Crippen LogP contribution in [0.15, 0.2) is 48.5 Å². The van der Waals surface area contributed by atoms with Crippen LogP contribution in [0, 0.1) is 0 Å². The van der Waals surface area contributed by atoms with Crippen LogP contribution in [-0.4, -0.2) is 136 Å². The van der Waals surface area contributed by atoms with Crippen LogP contribution >= 0.6 is 12.4 Å². The van der Waals surface area contributed by atoms with Crippen molar-refractivity contribution in [1.82, 2.24) is 0 Å². The van der Waals surface area contributed by atoms with E-state index >= 15 is 0 Å². The lowest BCUT2D eigenvalue weighted by molar-refractivity contribution is -0.247. The van der Waals surface area contributed by atoms with E-state index in [0.717, 1.165) is 0 Å². The lowest BCUT2D eigenvalue weighted by Gasteiger charge is -2.42. The molecule has 0 spiro atoms. The molecule has 388 valence electrons. The molecule has 0 radical (unpaired) electrons. The Hall–Kier alpha value is -6.01. The number of carbonyl (C=O) groups is 6. The Kier molecular flexibility index (Phi) is 14.1. The first-order valence-electron chi connectivity index (χ1n) is 23.4. The highest BCUT2D eigenvalue weighted by Gasteiger charge is 2.51. The summed E-state index contributed by atoms with van der Waals surface area (Å²) in [5.74, 6) is -6.11. The number of halogens is 1. The number of aromatic hydroxyl groups is 4. The zero-order chi connectivity index (χ0) is 52.2. The van der Waals surface area contributed by atoms with Crippen LogP contribution in [-0.2, 0) is 41.4 Å². The Morgan fingerprint density at radius 2 is 0.849 bits per heavy atom. The highest BCUT2D eigenvalue weighted by molar-refractivity contribution is 6.31. The zero-order valence-electron chi connectivity index (χ0n) is 39.9. The number of hydrogen-bond acceptors (Lipinski definition) is 20. The zero-order valence-corrected chi connectivity index (χ0v) is 40.7. The van der Waals surface area contributed by atoms with Gasteiger partial charge in [-0.1, -0.05) is 48.5 Å². The molecular weight excluding hydrogens is 976 g/mol. The Morgan fingerprint density at radius 3 is 1.12 bits per heavy atom. The molecule has 0 unspecified atom stereocenters. The number of Topliss-reactive ketones (excluding diaryl/α,β-unsaturated/α-hetero) is 2. The summed E-state index contributed by atoms with van der Waals surface area (Å²) in [5, 5.41) is 87.6. The van der Waals surface area contributed by atoms with Crippen molar-refractivity contribution >= 4 is 47.1 Å². The van der Waals surface area contributed by atoms with Gasteiger partial charge in [0, 0.05) is 95.1 Å². The number of phenols is 4. The fraction of sp³-hybridized carbons (Fsp3) is 0.423. The van der Waals surface area contributed by atoms with Crippen molar-refractivity contribution in [2.75, 3.05) is 0 Å². The van der Waals surface area contributed by atoms with Crippen molar-refractivity contribution in [1.29, 1.82) is 0 Å². The van der Waals surface area contributed by atoms with Gasteiger partial charge in [-0.2, -0.15) is 0 Å². The summed E-state index contributed by atoms with van der Waals surface area (Å²) in [5.41, 5.74) is 6.76. The van der Waals surface area contributed by atoms with Gasteiger partial charge in [-0.25, -0.2) is 0 Å². The Balaban J connectivity index is 0.000000192. The molecule has 2 saturated heterocycles. The van der Waals surface area contributed by atoms with Crippen molar-refractivity contribution in [3.63, 3.8) is 0 Å². The smallest absolute Gasteiger partial charge is 0.198 e. The van der Waals surface area contributed by atoms with Gasteiger partial charge in [0.25, 0.3) is 0 Å². The van der Waals surface area contributed by atoms with E-state index in [0.29, 0.717) is 0 Å². The standard InChI is InChI=1S/2C26H27NO9.ClH/c2*1-10-21(29)15(27)7-17(35-10)36-16-9-26(34,11(2)28)8-14-18(16)25(33)20-19(24(14)32)22(30)12-5-3-4-6-13(12)23(20)31;/h2*3-6,10,15-17,21,29,32-34H,7-9,27H2,1-2H3;1H/t2*10-,15-,16-,17-,21+,26-;/m00./s1. The number of carbonyl (C=O) groups excluding carboxylic acids is 6. The number of phenolic OH excluding ortho intramolecular Hbond substituents is 4. The highest BCUT2D eigenvalue weighted by Crippen LogP contribution is 2.54. The summed E-state index contributed by atoms with van der Waals surface area (Å²) in [7, 11) is 0. The third kappa shape index (κ3) is 8.72. The maximum absolute atomic E-state index is 13.3. The first-order valence-corrected chi connectivity index (χ1v) is 23.4. The second-order valence-corrected chi connectivity index (χ2v) is 19.6. The van der Waals surface area contributed by atoms with E-state index in [1.807, 2.05) is 0 Å². The van der Waals surface area contributed by atoms with Gasteiger partial charge in [-0.3, -0.25) is 28.8 Å². The predicted molar refractivity (Wildman–Crippen MR) is 255 cm³/mol. The molecule has 4 aliphatic carbocycles. The minimum Gasteiger partial charge on any atom is -0.507 e.